The zero-order valence-electron chi connectivity index (χ0n) is 8.21. The molecule has 16 heavy (non-hydrogen) atoms. The number of alkyl halides is 2. The lowest BCUT2D eigenvalue weighted by Crippen LogP contribution is -2.09. The maximum atomic E-state index is 12.7. The van der Waals surface area contributed by atoms with Crippen molar-refractivity contribution < 1.29 is 23.4 Å². The number of halogens is 3. The van der Waals surface area contributed by atoms with Crippen LogP contribution >= 0.6 is 15.9 Å². The summed E-state index contributed by atoms with van der Waals surface area (Å²) in [6.07, 6.45) is -2.21. The van der Waals surface area contributed by atoms with Gasteiger partial charge in [-0.25, -0.2) is 8.78 Å². The number of carbonyl (C=O) groups excluding carboxylic acids is 1. The van der Waals surface area contributed by atoms with Gasteiger partial charge in [-0.15, -0.1) is 0 Å². The smallest absolute Gasteiger partial charge is 0.311 e. The van der Waals surface area contributed by atoms with Crippen molar-refractivity contribution in [1.29, 1.82) is 0 Å². The summed E-state index contributed by atoms with van der Waals surface area (Å²) >= 11 is 2.82. The summed E-state index contributed by atoms with van der Waals surface area (Å²) in [6, 6.07) is 0. The van der Waals surface area contributed by atoms with Crippen molar-refractivity contribution in [3.05, 3.63) is 21.9 Å². The number of methoxy groups -OCH3 is 1. The number of hydrogen-bond donors (Lipinski definition) is 1. The van der Waals surface area contributed by atoms with Crippen molar-refractivity contribution in [2.24, 2.45) is 0 Å². The fraction of sp³-hybridized carbons (Fsp3) is 0.333. The maximum absolute atomic E-state index is 12.7. The third-order valence-electron chi connectivity index (χ3n) is 1.87. The van der Waals surface area contributed by atoms with E-state index in [2.05, 4.69) is 25.7 Å². The van der Waals surface area contributed by atoms with Crippen LogP contribution in [0.25, 0.3) is 0 Å². The van der Waals surface area contributed by atoms with Crippen molar-refractivity contribution in [1.82, 2.24) is 4.98 Å². The van der Waals surface area contributed by atoms with Crippen LogP contribution in [0.2, 0.25) is 0 Å². The van der Waals surface area contributed by atoms with Gasteiger partial charge in [0.25, 0.3) is 6.43 Å². The predicted molar refractivity (Wildman–Crippen MR) is 54.3 cm³/mol. The number of aromatic hydroxyl groups is 1. The summed E-state index contributed by atoms with van der Waals surface area (Å²) < 4.78 is 29.6. The SMILES string of the molecule is COC(=O)Cc1ncc(O)c(Br)c1C(F)F. The van der Waals surface area contributed by atoms with Crippen molar-refractivity contribution in [3.8, 4) is 5.75 Å². The fourth-order valence-corrected chi connectivity index (χ4v) is 1.61. The molecular weight excluding hydrogens is 288 g/mol. The first-order valence-corrected chi connectivity index (χ1v) is 4.97. The molecule has 1 aromatic rings. The highest BCUT2D eigenvalue weighted by Gasteiger charge is 2.22. The van der Waals surface area contributed by atoms with Gasteiger partial charge < -0.3 is 9.84 Å². The summed E-state index contributed by atoms with van der Waals surface area (Å²) in [5.41, 5.74) is -0.614. The third kappa shape index (κ3) is 2.66. The Morgan fingerprint density at radius 3 is 2.81 bits per heavy atom. The van der Waals surface area contributed by atoms with E-state index >= 15 is 0 Å². The summed E-state index contributed by atoms with van der Waals surface area (Å²) in [6.45, 7) is 0. The van der Waals surface area contributed by atoms with Crippen molar-refractivity contribution in [3.63, 3.8) is 0 Å². The topological polar surface area (TPSA) is 59.4 Å². The maximum Gasteiger partial charge on any atom is 0.311 e. The molecule has 1 rings (SSSR count). The molecule has 0 aromatic carbocycles. The van der Waals surface area contributed by atoms with Gasteiger partial charge in [0.1, 0.15) is 5.75 Å². The lowest BCUT2D eigenvalue weighted by Gasteiger charge is -2.10. The molecule has 88 valence electrons. The molecule has 7 heteroatoms. The van der Waals surface area contributed by atoms with Gasteiger partial charge in [-0.1, -0.05) is 0 Å². The number of esters is 1. The van der Waals surface area contributed by atoms with Crippen LogP contribution in [0.3, 0.4) is 0 Å². The molecule has 0 fully saturated rings. The molecular formula is C9H8BrF2NO3. The van der Waals surface area contributed by atoms with Gasteiger partial charge in [-0.3, -0.25) is 9.78 Å². The average molecular weight is 296 g/mol. The van der Waals surface area contributed by atoms with Crippen LogP contribution in [0.4, 0.5) is 8.78 Å². The zero-order chi connectivity index (χ0) is 12.3. The first kappa shape index (κ1) is 12.8. The number of ether oxygens (including phenoxy) is 1. The van der Waals surface area contributed by atoms with Crippen molar-refractivity contribution >= 4 is 21.9 Å². The lowest BCUT2D eigenvalue weighted by atomic mass is 10.1. The minimum Gasteiger partial charge on any atom is -0.505 e. The van der Waals surface area contributed by atoms with E-state index in [9.17, 15) is 18.7 Å². The van der Waals surface area contributed by atoms with Crippen LogP contribution in [0.5, 0.6) is 5.75 Å². The van der Waals surface area contributed by atoms with Crippen molar-refractivity contribution in [2.75, 3.05) is 7.11 Å². The average Bonchev–Trinajstić information content (AvgIpc) is 2.23. The Morgan fingerprint density at radius 1 is 1.69 bits per heavy atom. The Kier molecular flexibility index (Phi) is 4.17. The standard InChI is InChI=1S/C9H8BrF2NO3/c1-16-6(15)2-4-7(9(11)12)8(10)5(14)3-13-4/h3,9,14H,2H2,1H3. The Hall–Kier alpha value is -1.24. The molecule has 1 aromatic heterocycles. The molecule has 0 aliphatic rings. The van der Waals surface area contributed by atoms with Gasteiger partial charge in [-0.05, 0) is 15.9 Å². The number of pyridine rings is 1. The van der Waals surface area contributed by atoms with Gasteiger partial charge in [0, 0.05) is 0 Å². The second kappa shape index (κ2) is 5.20. The quantitative estimate of drug-likeness (QED) is 0.869. The molecule has 1 N–H and O–H groups in total. The first-order valence-electron chi connectivity index (χ1n) is 4.18. The number of nitrogens with zero attached hydrogens (tertiary/aromatic N) is 1. The molecule has 0 bridgehead atoms. The normalized spacial score (nSPS) is 10.6. The van der Waals surface area contributed by atoms with E-state index in [1.54, 1.807) is 0 Å². The largest absolute Gasteiger partial charge is 0.505 e. The highest BCUT2D eigenvalue weighted by molar-refractivity contribution is 9.10. The summed E-state index contributed by atoms with van der Waals surface area (Å²) in [7, 11) is 1.15. The first-order chi connectivity index (χ1) is 7.47. The van der Waals surface area contributed by atoms with Crippen LogP contribution in [0.1, 0.15) is 17.7 Å². The molecule has 0 unspecified atom stereocenters. The highest BCUT2D eigenvalue weighted by Crippen LogP contribution is 2.35. The fourth-order valence-electron chi connectivity index (χ4n) is 1.10. The van der Waals surface area contributed by atoms with E-state index in [-0.39, 0.29) is 16.6 Å². The zero-order valence-corrected chi connectivity index (χ0v) is 9.79. The second-order valence-corrected chi connectivity index (χ2v) is 3.66. The van der Waals surface area contributed by atoms with Crippen LogP contribution in [0.15, 0.2) is 10.7 Å². The van der Waals surface area contributed by atoms with Gasteiger partial charge >= 0.3 is 5.97 Å². The van der Waals surface area contributed by atoms with Gasteiger partial charge in [0.2, 0.25) is 0 Å². The molecule has 0 aliphatic heterocycles. The molecule has 0 saturated heterocycles. The molecule has 0 spiro atoms. The second-order valence-electron chi connectivity index (χ2n) is 2.87. The van der Waals surface area contributed by atoms with Crippen LogP contribution in [-0.2, 0) is 16.0 Å². The van der Waals surface area contributed by atoms with Gasteiger partial charge in [0.15, 0.2) is 0 Å². The molecule has 4 nitrogen and oxygen atoms in total. The van der Waals surface area contributed by atoms with E-state index < -0.39 is 23.7 Å². The van der Waals surface area contributed by atoms with E-state index in [0.717, 1.165) is 13.3 Å². The van der Waals surface area contributed by atoms with E-state index in [0.29, 0.717) is 0 Å². The Bertz CT molecular complexity index is 412. The molecule has 0 amide bonds. The molecule has 0 radical (unpaired) electrons. The summed E-state index contributed by atoms with van der Waals surface area (Å²) in [5.74, 6) is -1.07. The Balaban J connectivity index is 3.18. The van der Waals surface area contributed by atoms with Crippen LogP contribution in [0, 0.1) is 0 Å². The number of hydrogen-bond acceptors (Lipinski definition) is 4. The predicted octanol–water partition coefficient (Wildman–Crippen LogP) is 2.20. The Morgan fingerprint density at radius 2 is 2.31 bits per heavy atom. The highest BCUT2D eigenvalue weighted by atomic mass is 79.9. The molecule has 0 aliphatic carbocycles. The molecule has 0 atom stereocenters. The van der Waals surface area contributed by atoms with E-state index in [1.807, 2.05) is 0 Å². The monoisotopic (exact) mass is 295 g/mol. The summed E-state index contributed by atoms with van der Waals surface area (Å²) in [4.78, 5) is 14.6. The number of aromatic nitrogens is 1. The molecule has 0 saturated carbocycles. The van der Waals surface area contributed by atoms with E-state index in [4.69, 9.17) is 0 Å². The van der Waals surface area contributed by atoms with Gasteiger partial charge in [-0.2, -0.15) is 0 Å². The minimum atomic E-state index is -2.84. The van der Waals surface area contributed by atoms with Crippen molar-refractivity contribution in [2.45, 2.75) is 12.8 Å². The van der Waals surface area contributed by atoms with Crippen LogP contribution < -0.4 is 0 Å². The van der Waals surface area contributed by atoms with Crippen LogP contribution in [-0.4, -0.2) is 23.2 Å². The number of rotatable bonds is 3. The lowest BCUT2D eigenvalue weighted by molar-refractivity contribution is -0.139. The number of carbonyl (C=O) groups is 1. The van der Waals surface area contributed by atoms with Gasteiger partial charge in [0.05, 0.1) is 35.5 Å². The van der Waals surface area contributed by atoms with E-state index in [1.165, 1.54) is 0 Å². The minimum absolute atomic E-state index is 0.119. The molecule has 1 heterocycles. The third-order valence-corrected chi connectivity index (χ3v) is 2.71. The Labute approximate surface area is 98.4 Å². The summed E-state index contributed by atoms with van der Waals surface area (Å²) in [5, 5.41) is 9.21.